The minimum Gasteiger partial charge on any atom is -0.273 e. The molecule has 2 aliphatic rings. The number of rotatable bonds is 4. The van der Waals surface area contributed by atoms with Crippen molar-refractivity contribution in [2.75, 3.05) is 0 Å². The molecular weight excluding hydrogens is 296 g/mol. The molecule has 124 valence electrons. The molecule has 3 heteroatoms. The molecule has 2 aromatic rings. The zero-order valence-electron chi connectivity index (χ0n) is 14.2. The summed E-state index contributed by atoms with van der Waals surface area (Å²) >= 11 is 0. The first-order chi connectivity index (χ1) is 11.7. The molecule has 2 fully saturated rings. The topological polar surface area (TPSA) is 41.5 Å². The van der Waals surface area contributed by atoms with Gasteiger partial charge in [-0.05, 0) is 54.4 Å². The summed E-state index contributed by atoms with van der Waals surface area (Å²) in [7, 11) is 0. The van der Waals surface area contributed by atoms with Gasteiger partial charge in [-0.3, -0.25) is 4.79 Å². The average molecular weight is 320 g/mol. The number of hydrogen-bond acceptors (Lipinski definition) is 2. The summed E-state index contributed by atoms with van der Waals surface area (Å²) < 4.78 is 0. The Hall–Kier alpha value is -2.16. The molecule has 0 radical (unpaired) electrons. The number of fused-ring (bicyclic) bond motifs is 3. The van der Waals surface area contributed by atoms with E-state index >= 15 is 0 Å². The minimum absolute atomic E-state index is 0.0335. The molecule has 2 bridgehead atoms. The molecule has 1 N–H and O–H groups in total. The van der Waals surface area contributed by atoms with Crippen molar-refractivity contribution < 1.29 is 4.79 Å². The smallest absolute Gasteiger partial charge is 0.244 e. The molecule has 24 heavy (non-hydrogen) atoms. The van der Waals surface area contributed by atoms with Crippen molar-refractivity contribution in [1.82, 2.24) is 5.43 Å². The molecule has 0 saturated heterocycles. The van der Waals surface area contributed by atoms with Gasteiger partial charge in [0.05, 0.1) is 6.42 Å². The summed E-state index contributed by atoms with van der Waals surface area (Å²) in [6.07, 6.45) is 5.73. The number of benzene rings is 2. The zero-order chi connectivity index (χ0) is 16.5. The lowest BCUT2D eigenvalue weighted by atomic mass is 9.86. The highest BCUT2D eigenvalue weighted by molar-refractivity contribution is 5.91. The molecule has 0 heterocycles. The molecule has 3 nitrogen and oxygen atoms in total. The first-order valence-corrected chi connectivity index (χ1v) is 9.00. The van der Waals surface area contributed by atoms with Gasteiger partial charge in [0.25, 0.3) is 0 Å². The third-order valence-corrected chi connectivity index (χ3v) is 5.86. The Morgan fingerprint density at radius 2 is 1.96 bits per heavy atom. The molecule has 0 aromatic heterocycles. The van der Waals surface area contributed by atoms with Gasteiger partial charge in [0.1, 0.15) is 0 Å². The van der Waals surface area contributed by atoms with Crippen molar-refractivity contribution in [2.45, 2.75) is 39.0 Å². The van der Waals surface area contributed by atoms with Crippen LogP contribution in [-0.4, -0.2) is 11.6 Å². The molecule has 1 amide bonds. The Labute approximate surface area is 143 Å². The Morgan fingerprint density at radius 1 is 1.12 bits per heavy atom. The van der Waals surface area contributed by atoms with Crippen LogP contribution in [0.15, 0.2) is 47.6 Å². The fraction of sp³-hybridized carbons (Fsp3) is 0.429. The SMILES string of the molecule is C/C(=N\NC(=O)Cc1cccc2ccccc12)[C@H]1C[C@H]2CC[C@H]1C2. The lowest BCUT2D eigenvalue weighted by Crippen LogP contribution is -2.25. The van der Waals surface area contributed by atoms with Crippen LogP contribution in [0.1, 0.15) is 38.2 Å². The summed E-state index contributed by atoms with van der Waals surface area (Å²) in [5.41, 5.74) is 4.94. The lowest BCUT2D eigenvalue weighted by Gasteiger charge is -2.21. The Kier molecular flexibility index (Phi) is 4.09. The molecule has 0 spiro atoms. The zero-order valence-corrected chi connectivity index (χ0v) is 14.2. The first-order valence-electron chi connectivity index (χ1n) is 9.00. The number of amides is 1. The van der Waals surface area contributed by atoms with E-state index in [-0.39, 0.29) is 5.91 Å². The predicted octanol–water partition coefficient (Wildman–Crippen LogP) is 4.31. The lowest BCUT2D eigenvalue weighted by molar-refractivity contribution is -0.120. The van der Waals surface area contributed by atoms with Gasteiger partial charge in [0.2, 0.25) is 5.91 Å². The van der Waals surface area contributed by atoms with Gasteiger partial charge in [-0.15, -0.1) is 0 Å². The second kappa shape index (κ2) is 6.39. The van der Waals surface area contributed by atoms with Crippen molar-refractivity contribution in [3.63, 3.8) is 0 Å². The predicted molar refractivity (Wildman–Crippen MR) is 97.8 cm³/mol. The third kappa shape index (κ3) is 2.95. The summed E-state index contributed by atoms with van der Waals surface area (Å²) in [5.74, 6) is 2.25. The van der Waals surface area contributed by atoms with E-state index in [0.29, 0.717) is 12.3 Å². The maximum absolute atomic E-state index is 12.3. The van der Waals surface area contributed by atoms with E-state index in [1.54, 1.807) is 0 Å². The maximum Gasteiger partial charge on any atom is 0.244 e. The van der Waals surface area contributed by atoms with E-state index in [1.807, 2.05) is 24.3 Å². The molecule has 0 aliphatic heterocycles. The summed E-state index contributed by atoms with van der Waals surface area (Å²) in [5, 5.41) is 6.73. The fourth-order valence-corrected chi connectivity index (χ4v) is 4.65. The van der Waals surface area contributed by atoms with Crippen molar-refractivity contribution >= 4 is 22.4 Å². The second-order valence-electron chi connectivity index (χ2n) is 7.38. The molecule has 0 unspecified atom stereocenters. The molecule has 4 rings (SSSR count). The highest BCUT2D eigenvalue weighted by atomic mass is 16.2. The summed E-state index contributed by atoms with van der Waals surface area (Å²) in [4.78, 5) is 12.3. The van der Waals surface area contributed by atoms with E-state index in [2.05, 4.69) is 35.7 Å². The van der Waals surface area contributed by atoms with E-state index in [9.17, 15) is 4.79 Å². The highest BCUT2D eigenvalue weighted by Gasteiger charge is 2.40. The molecule has 3 atom stereocenters. The van der Waals surface area contributed by atoms with Crippen LogP contribution in [0.4, 0.5) is 0 Å². The number of carbonyl (C=O) groups is 1. The van der Waals surface area contributed by atoms with Crippen molar-refractivity contribution in [3.05, 3.63) is 48.0 Å². The normalized spacial score (nSPS) is 26.0. The van der Waals surface area contributed by atoms with Crippen LogP contribution in [0, 0.1) is 17.8 Å². The van der Waals surface area contributed by atoms with Crippen molar-refractivity contribution in [2.24, 2.45) is 22.9 Å². The highest BCUT2D eigenvalue weighted by Crippen LogP contribution is 2.48. The van der Waals surface area contributed by atoms with E-state index in [0.717, 1.165) is 28.5 Å². The number of nitrogens with one attached hydrogen (secondary N) is 1. The fourth-order valence-electron chi connectivity index (χ4n) is 4.65. The van der Waals surface area contributed by atoms with Crippen LogP contribution in [0.25, 0.3) is 10.8 Å². The van der Waals surface area contributed by atoms with E-state index in [1.165, 1.54) is 31.1 Å². The van der Waals surface area contributed by atoms with Crippen molar-refractivity contribution in [1.29, 1.82) is 0 Å². The second-order valence-corrected chi connectivity index (χ2v) is 7.38. The average Bonchev–Trinajstić information content (AvgIpc) is 3.23. The quantitative estimate of drug-likeness (QED) is 0.662. The van der Waals surface area contributed by atoms with Gasteiger partial charge in [0, 0.05) is 11.6 Å². The van der Waals surface area contributed by atoms with Crippen LogP contribution < -0.4 is 5.43 Å². The van der Waals surface area contributed by atoms with E-state index < -0.39 is 0 Å². The maximum atomic E-state index is 12.3. The Morgan fingerprint density at radius 3 is 2.75 bits per heavy atom. The number of nitrogens with zero attached hydrogens (tertiary/aromatic N) is 1. The first kappa shape index (κ1) is 15.4. The van der Waals surface area contributed by atoms with E-state index in [4.69, 9.17) is 0 Å². The van der Waals surface area contributed by atoms with Crippen LogP contribution in [-0.2, 0) is 11.2 Å². The Bertz CT molecular complexity index is 790. The van der Waals surface area contributed by atoms with Gasteiger partial charge < -0.3 is 0 Å². The van der Waals surface area contributed by atoms with Crippen LogP contribution in [0.5, 0.6) is 0 Å². The molecule has 2 aromatic carbocycles. The van der Waals surface area contributed by atoms with Gasteiger partial charge in [-0.2, -0.15) is 5.10 Å². The summed E-state index contributed by atoms with van der Waals surface area (Å²) in [6.45, 7) is 2.07. The monoisotopic (exact) mass is 320 g/mol. The minimum atomic E-state index is -0.0335. The van der Waals surface area contributed by atoms with Crippen LogP contribution >= 0.6 is 0 Å². The third-order valence-electron chi connectivity index (χ3n) is 5.86. The standard InChI is InChI=1S/C21H24N2O/c1-14(20-12-15-9-10-18(20)11-15)22-23-21(24)13-17-7-4-6-16-5-2-3-8-19(16)17/h2-8,15,18,20H,9-13H2,1H3,(H,23,24)/b22-14+/t15-,18-,20+/m0/s1. The molecular formula is C21H24N2O. The number of hydrazone groups is 1. The number of hydrogen-bond donors (Lipinski definition) is 1. The largest absolute Gasteiger partial charge is 0.273 e. The van der Waals surface area contributed by atoms with Gasteiger partial charge in [-0.1, -0.05) is 48.9 Å². The molecule has 2 saturated carbocycles. The van der Waals surface area contributed by atoms with Gasteiger partial charge >= 0.3 is 0 Å². The van der Waals surface area contributed by atoms with Crippen molar-refractivity contribution in [3.8, 4) is 0 Å². The van der Waals surface area contributed by atoms with Crippen LogP contribution in [0.2, 0.25) is 0 Å². The molecule has 2 aliphatic carbocycles. The summed E-state index contributed by atoms with van der Waals surface area (Å²) in [6, 6.07) is 14.3. The number of carbonyl (C=O) groups excluding carboxylic acids is 1. The van der Waals surface area contributed by atoms with Gasteiger partial charge in [0.15, 0.2) is 0 Å². The van der Waals surface area contributed by atoms with Gasteiger partial charge in [-0.25, -0.2) is 5.43 Å². The Balaban J connectivity index is 1.42. The van der Waals surface area contributed by atoms with Crippen LogP contribution in [0.3, 0.4) is 0 Å².